The summed E-state index contributed by atoms with van der Waals surface area (Å²) >= 11 is 0. The molecule has 1 fully saturated rings. The van der Waals surface area contributed by atoms with E-state index in [1.165, 1.54) is 6.07 Å². The molecule has 1 aromatic heterocycles. The van der Waals surface area contributed by atoms with Gasteiger partial charge < -0.3 is 9.88 Å². The minimum absolute atomic E-state index is 0.0268. The van der Waals surface area contributed by atoms with Crippen LogP contribution < -0.4 is 5.56 Å². The molecule has 1 aliphatic carbocycles. The van der Waals surface area contributed by atoms with Gasteiger partial charge in [0.2, 0.25) is 5.91 Å². The number of carbonyl (C=O) groups excluding carboxylic acids is 1. The van der Waals surface area contributed by atoms with Crippen molar-refractivity contribution in [2.75, 3.05) is 6.54 Å². The summed E-state index contributed by atoms with van der Waals surface area (Å²) in [4.78, 5) is 29.1. The molecule has 1 aliphatic rings. The average molecular weight is 392 g/mol. The van der Waals surface area contributed by atoms with Gasteiger partial charge in [-0.25, -0.2) is 0 Å². The first-order valence-corrected chi connectivity index (χ1v) is 9.45. The van der Waals surface area contributed by atoms with Crippen molar-refractivity contribution >= 4 is 5.91 Å². The van der Waals surface area contributed by atoms with E-state index in [1.807, 2.05) is 6.92 Å². The zero-order chi connectivity index (χ0) is 20.5. The van der Waals surface area contributed by atoms with Gasteiger partial charge in [0.25, 0.3) is 5.56 Å². The molecular formula is C21H23F3N2O2. The predicted molar refractivity (Wildman–Crippen MR) is 101 cm³/mol. The van der Waals surface area contributed by atoms with Crippen LogP contribution in [0.3, 0.4) is 0 Å². The fraction of sp³-hybridized carbons (Fsp3) is 0.429. The van der Waals surface area contributed by atoms with Gasteiger partial charge in [-0.1, -0.05) is 13.0 Å². The van der Waals surface area contributed by atoms with Crippen molar-refractivity contribution in [3.05, 3.63) is 57.5 Å². The predicted octanol–water partition coefficient (Wildman–Crippen LogP) is 4.38. The second-order valence-electron chi connectivity index (χ2n) is 7.10. The molecule has 28 heavy (non-hydrogen) atoms. The fourth-order valence-corrected chi connectivity index (χ4v) is 3.24. The van der Waals surface area contributed by atoms with Crippen LogP contribution in [0.5, 0.6) is 0 Å². The Kier molecular flexibility index (Phi) is 5.63. The lowest BCUT2D eigenvalue weighted by Gasteiger charge is -2.23. The highest BCUT2D eigenvalue weighted by Crippen LogP contribution is 2.35. The second-order valence-corrected chi connectivity index (χ2v) is 7.10. The number of halogens is 3. The Balaban J connectivity index is 2.09. The number of carbonyl (C=O) groups is 1. The molecule has 0 unspecified atom stereocenters. The summed E-state index contributed by atoms with van der Waals surface area (Å²) in [6, 6.07) is 5.06. The number of amides is 1. The number of alkyl halides is 3. The van der Waals surface area contributed by atoms with E-state index >= 15 is 0 Å². The summed E-state index contributed by atoms with van der Waals surface area (Å²) in [5.74, 6) is -0.0666. The Labute approximate surface area is 161 Å². The maximum absolute atomic E-state index is 13.3. The lowest BCUT2D eigenvalue weighted by atomic mass is 9.96. The molecule has 0 aliphatic heterocycles. The number of aromatic nitrogens is 1. The van der Waals surface area contributed by atoms with E-state index in [0.717, 1.165) is 30.5 Å². The molecule has 0 spiro atoms. The fourth-order valence-electron chi connectivity index (χ4n) is 3.24. The van der Waals surface area contributed by atoms with Gasteiger partial charge in [0.15, 0.2) is 0 Å². The van der Waals surface area contributed by atoms with Gasteiger partial charge >= 0.3 is 6.18 Å². The van der Waals surface area contributed by atoms with Gasteiger partial charge in [-0.2, -0.15) is 13.2 Å². The lowest BCUT2D eigenvalue weighted by molar-refractivity contribution is -0.137. The minimum Gasteiger partial charge on any atom is -0.338 e. The van der Waals surface area contributed by atoms with Crippen molar-refractivity contribution in [2.45, 2.75) is 45.8 Å². The third-order valence-corrected chi connectivity index (χ3v) is 5.08. The van der Waals surface area contributed by atoms with Gasteiger partial charge in [-0.15, -0.1) is 0 Å². The van der Waals surface area contributed by atoms with Crippen molar-refractivity contribution < 1.29 is 18.0 Å². The number of nitrogens with one attached hydrogen (secondary N) is 1. The first-order valence-electron chi connectivity index (χ1n) is 9.45. The molecule has 150 valence electrons. The van der Waals surface area contributed by atoms with Crippen molar-refractivity contribution in [2.24, 2.45) is 5.92 Å². The van der Waals surface area contributed by atoms with Crippen molar-refractivity contribution in [1.29, 1.82) is 0 Å². The summed E-state index contributed by atoms with van der Waals surface area (Å²) < 4.78 is 39.8. The molecule has 3 rings (SSSR count). The summed E-state index contributed by atoms with van der Waals surface area (Å²) in [6.45, 7) is 4.17. The molecule has 1 heterocycles. The van der Waals surface area contributed by atoms with E-state index < -0.39 is 11.7 Å². The number of hydrogen-bond donors (Lipinski definition) is 1. The maximum atomic E-state index is 13.3. The van der Waals surface area contributed by atoms with E-state index in [1.54, 1.807) is 24.1 Å². The summed E-state index contributed by atoms with van der Waals surface area (Å²) in [6.07, 6.45) is -0.569. The highest BCUT2D eigenvalue weighted by Gasteiger charge is 2.34. The smallest absolute Gasteiger partial charge is 0.338 e. The molecule has 1 saturated carbocycles. The van der Waals surface area contributed by atoms with Crippen LogP contribution in [0.4, 0.5) is 13.2 Å². The van der Waals surface area contributed by atoms with Gasteiger partial charge in [0, 0.05) is 30.8 Å². The van der Waals surface area contributed by atoms with E-state index in [4.69, 9.17) is 0 Å². The lowest BCUT2D eigenvalue weighted by Crippen LogP contribution is -2.32. The molecule has 2 aromatic rings. The van der Waals surface area contributed by atoms with Gasteiger partial charge in [0.1, 0.15) is 0 Å². The molecule has 0 radical (unpaired) electrons. The number of pyridine rings is 1. The van der Waals surface area contributed by atoms with Crippen molar-refractivity contribution in [1.82, 2.24) is 9.88 Å². The highest BCUT2D eigenvalue weighted by molar-refractivity contribution is 5.81. The first-order chi connectivity index (χ1) is 13.2. The van der Waals surface area contributed by atoms with Crippen LogP contribution in [-0.4, -0.2) is 22.3 Å². The number of nitrogens with zero attached hydrogens (tertiary/aromatic N) is 1. The van der Waals surface area contributed by atoms with Crippen molar-refractivity contribution in [3.63, 3.8) is 0 Å². The highest BCUT2D eigenvalue weighted by atomic mass is 19.4. The largest absolute Gasteiger partial charge is 0.416 e. The molecule has 0 saturated heterocycles. The van der Waals surface area contributed by atoms with E-state index in [0.29, 0.717) is 29.7 Å². The maximum Gasteiger partial charge on any atom is 0.416 e. The third-order valence-electron chi connectivity index (χ3n) is 5.08. The van der Waals surface area contributed by atoms with Gasteiger partial charge in [0.05, 0.1) is 5.56 Å². The normalized spacial score (nSPS) is 14.2. The number of H-pyrrole nitrogens is 1. The van der Waals surface area contributed by atoms with Crippen LogP contribution in [-0.2, 0) is 23.9 Å². The molecule has 1 aromatic carbocycles. The van der Waals surface area contributed by atoms with Crippen LogP contribution in [0, 0.1) is 5.92 Å². The van der Waals surface area contributed by atoms with E-state index in [2.05, 4.69) is 4.98 Å². The number of rotatable bonds is 6. The molecule has 1 amide bonds. The first kappa shape index (κ1) is 20.2. The van der Waals surface area contributed by atoms with Crippen LogP contribution in [0.25, 0.3) is 11.1 Å². The summed E-state index contributed by atoms with van der Waals surface area (Å²) in [5.41, 5.74) is 0.787. The number of aromatic amines is 1. The summed E-state index contributed by atoms with van der Waals surface area (Å²) in [7, 11) is 0. The zero-order valence-electron chi connectivity index (χ0n) is 15.9. The van der Waals surface area contributed by atoms with Crippen LogP contribution in [0.15, 0.2) is 35.3 Å². The van der Waals surface area contributed by atoms with Gasteiger partial charge in [-0.3, -0.25) is 9.59 Å². The second kappa shape index (κ2) is 7.81. The summed E-state index contributed by atoms with van der Waals surface area (Å²) in [5, 5.41) is 0. The monoisotopic (exact) mass is 392 g/mol. The molecular weight excluding hydrogens is 369 g/mol. The van der Waals surface area contributed by atoms with Crippen LogP contribution in [0.2, 0.25) is 0 Å². The average Bonchev–Trinajstić information content (AvgIpc) is 3.50. The molecule has 7 heteroatoms. The Morgan fingerprint density at radius 1 is 1.18 bits per heavy atom. The van der Waals surface area contributed by atoms with E-state index in [-0.39, 0.29) is 23.9 Å². The van der Waals surface area contributed by atoms with Crippen LogP contribution in [0.1, 0.15) is 43.4 Å². The van der Waals surface area contributed by atoms with Crippen LogP contribution >= 0.6 is 0 Å². The Morgan fingerprint density at radius 3 is 2.46 bits per heavy atom. The van der Waals surface area contributed by atoms with Gasteiger partial charge in [-0.05, 0) is 61.1 Å². The quantitative estimate of drug-likeness (QED) is 0.793. The Bertz CT molecular complexity index is 930. The number of hydrogen-bond acceptors (Lipinski definition) is 2. The molecule has 0 bridgehead atoms. The number of aryl methyl sites for hydroxylation is 1. The minimum atomic E-state index is -4.50. The molecule has 1 N–H and O–H groups in total. The Morgan fingerprint density at radius 2 is 1.89 bits per heavy atom. The third kappa shape index (κ3) is 4.29. The molecule has 0 atom stereocenters. The van der Waals surface area contributed by atoms with Crippen molar-refractivity contribution in [3.8, 4) is 11.1 Å². The van der Waals surface area contributed by atoms with E-state index in [9.17, 15) is 22.8 Å². The SMILES string of the molecule is CCc1c[nH]c(=O)c(-c2ccc(C(F)(F)F)cc2CN(CC)C(=O)C2CC2)c1. The number of benzene rings is 1. The Hall–Kier alpha value is -2.57. The standard InChI is InChI=1S/C21H23F3N2O2/c1-3-13-9-18(19(27)25-11-13)17-8-7-16(21(22,23)24)10-15(17)12-26(4-2)20(28)14-5-6-14/h7-11,14H,3-6,12H2,1-2H3,(H,25,27). The molecule has 4 nitrogen and oxygen atoms in total. The zero-order valence-corrected chi connectivity index (χ0v) is 15.9. The topological polar surface area (TPSA) is 53.2 Å².